The number of rotatable bonds is 5. The van der Waals surface area contributed by atoms with Crippen molar-refractivity contribution in [1.29, 1.82) is 0 Å². The van der Waals surface area contributed by atoms with Gasteiger partial charge >= 0.3 is 6.03 Å². The molecule has 0 unspecified atom stereocenters. The molecule has 0 saturated carbocycles. The van der Waals surface area contributed by atoms with Crippen LogP contribution in [0.2, 0.25) is 0 Å². The van der Waals surface area contributed by atoms with Gasteiger partial charge in [-0.05, 0) is 61.1 Å². The number of nitrogens with one attached hydrogen (secondary N) is 1. The second kappa shape index (κ2) is 8.52. The number of para-hydroxylation sites is 2. The molecule has 2 amide bonds. The molecule has 0 spiro atoms. The third-order valence-electron chi connectivity index (χ3n) is 4.56. The van der Waals surface area contributed by atoms with Crippen LogP contribution in [0.15, 0.2) is 60.9 Å². The lowest BCUT2D eigenvalue weighted by Gasteiger charge is -2.32. The molecule has 0 radical (unpaired) electrons. The first kappa shape index (κ1) is 18.0. The molecule has 26 heavy (non-hydrogen) atoms. The number of hydrogen-bond acceptors (Lipinski definition) is 3. The SMILES string of the molecule is C=C(C)COc1ccccc1NC(=O)N1CCC(c2ccncc2)CC1. The molecule has 1 N–H and O–H groups in total. The van der Waals surface area contributed by atoms with E-state index in [1.165, 1.54) is 5.56 Å². The number of pyridine rings is 1. The zero-order valence-electron chi connectivity index (χ0n) is 15.1. The van der Waals surface area contributed by atoms with E-state index in [9.17, 15) is 4.79 Å². The van der Waals surface area contributed by atoms with Crippen LogP contribution in [0.4, 0.5) is 10.5 Å². The van der Waals surface area contributed by atoms with E-state index in [0.717, 1.165) is 31.5 Å². The lowest BCUT2D eigenvalue weighted by Crippen LogP contribution is -2.40. The number of likely N-dealkylation sites (tertiary alicyclic amines) is 1. The maximum absolute atomic E-state index is 12.6. The first-order chi connectivity index (χ1) is 12.6. The van der Waals surface area contributed by atoms with Crippen molar-refractivity contribution in [3.63, 3.8) is 0 Å². The molecule has 1 aliphatic rings. The highest BCUT2D eigenvalue weighted by Gasteiger charge is 2.24. The van der Waals surface area contributed by atoms with Crippen molar-refractivity contribution in [1.82, 2.24) is 9.88 Å². The fraction of sp³-hybridized carbons (Fsp3) is 0.333. The fourth-order valence-corrected chi connectivity index (χ4v) is 3.14. The number of amides is 2. The highest BCUT2D eigenvalue weighted by Crippen LogP contribution is 2.29. The van der Waals surface area contributed by atoms with E-state index in [1.54, 1.807) is 0 Å². The van der Waals surface area contributed by atoms with Gasteiger partial charge < -0.3 is 15.0 Å². The van der Waals surface area contributed by atoms with Gasteiger partial charge in [0, 0.05) is 25.5 Å². The number of piperidine rings is 1. The molecule has 2 heterocycles. The summed E-state index contributed by atoms with van der Waals surface area (Å²) in [5.41, 5.74) is 2.93. The molecule has 1 fully saturated rings. The number of aromatic nitrogens is 1. The van der Waals surface area contributed by atoms with Crippen molar-refractivity contribution in [2.24, 2.45) is 0 Å². The monoisotopic (exact) mass is 351 g/mol. The standard InChI is InChI=1S/C21H25N3O2/c1-16(2)15-26-20-6-4-3-5-19(20)23-21(25)24-13-9-18(10-14-24)17-7-11-22-12-8-17/h3-8,11-12,18H,1,9-10,13-15H2,2H3,(H,23,25). The molecule has 0 atom stereocenters. The predicted octanol–water partition coefficient (Wildman–Crippen LogP) is 4.45. The van der Waals surface area contributed by atoms with Gasteiger partial charge in [-0.3, -0.25) is 4.98 Å². The molecular formula is C21H25N3O2. The van der Waals surface area contributed by atoms with Gasteiger partial charge in [0.25, 0.3) is 0 Å². The quantitative estimate of drug-likeness (QED) is 0.810. The van der Waals surface area contributed by atoms with Gasteiger partial charge in [0.15, 0.2) is 0 Å². The summed E-state index contributed by atoms with van der Waals surface area (Å²) in [4.78, 5) is 18.6. The highest BCUT2D eigenvalue weighted by atomic mass is 16.5. The largest absolute Gasteiger partial charge is 0.487 e. The first-order valence-electron chi connectivity index (χ1n) is 8.95. The van der Waals surface area contributed by atoms with Crippen molar-refractivity contribution in [3.8, 4) is 5.75 Å². The Labute approximate surface area is 154 Å². The highest BCUT2D eigenvalue weighted by molar-refractivity contribution is 5.91. The van der Waals surface area contributed by atoms with E-state index in [2.05, 4.69) is 29.0 Å². The van der Waals surface area contributed by atoms with Crippen molar-refractivity contribution in [2.45, 2.75) is 25.7 Å². The molecule has 0 aliphatic carbocycles. The van der Waals surface area contributed by atoms with E-state index in [1.807, 2.05) is 48.5 Å². The Bertz CT molecular complexity index is 753. The fourth-order valence-electron chi connectivity index (χ4n) is 3.14. The molecule has 5 nitrogen and oxygen atoms in total. The smallest absolute Gasteiger partial charge is 0.321 e. The second-order valence-corrected chi connectivity index (χ2v) is 6.71. The predicted molar refractivity (Wildman–Crippen MR) is 104 cm³/mol. The number of urea groups is 1. The van der Waals surface area contributed by atoms with Gasteiger partial charge in [0.1, 0.15) is 12.4 Å². The Kier molecular flexibility index (Phi) is 5.89. The average Bonchev–Trinajstić information content (AvgIpc) is 2.68. The third kappa shape index (κ3) is 4.63. The van der Waals surface area contributed by atoms with Crippen LogP contribution in [0.3, 0.4) is 0 Å². The van der Waals surface area contributed by atoms with Gasteiger partial charge in [-0.15, -0.1) is 0 Å². The van der Waals surface area contributed by atoms with Crippen LogP contribution in [0.5, 0.6) is 5.75 Å². The van der Waals surface area contributed by atoms with Crippen LogP contribution < -0.4 is 10.1 Å². The van der Waals surface area contributed by atoms with Crippen LogP contribution in [0.1, 0.15) is 31.2 Å². The second-order valence-electron chi connectivity index (χ2n) is 6.71. The molecular weight excluding hydrogens is 326 g/mol. The molecule has 136 valence electrons. The molecule has 1 aliphatic heterocycles. The average molecular weight is 351 g/mol. The van der Waals surface area contributed by atoms with Crippen LogP contribution in [-0.4, -0.2) is 35.6 Å². The minimum Gasteiger partial charge on any atom is -0.487 e. The summed E-state index contributed by atoms with van der Waals surface area (Å²) in [5.74, 6) is 1.16. The number of ether oxygens (including phenoxy) is 1. The van der Waals surface area contributed by atoms with E-state index in [0.29, 0.717) is 24.0 Å². The molecule has 1 aromatic heterocycles. The van der Waals surface area contributed by atoms with Crippen LogP contribution in [-0.2, 0) is 0 Å². The topological polar surface area (TPSA) is 54.5 Å². The number of carbonyl (C=O) groups excluding carboxylic acids is 1. The molecule has 5 heteroatoms. The zero-order valence-corrected chi connectivity index (χ0v) is 15.1. The van der Waals surface area contributed by atoms with Crippen molar-refractivity contribution in [2.75, 3.05) is 25.0 Å². The Morgan fingerprint density at radius 1 is 1.23 bits per heavy atom. The number of hydrogen-bond donors (Lipinski definition) is 1. The number of benzene rings is 1. The first-order valence-corrected chi connectivity index (χ1v) is 8.95. The van der Waals surface area contributed by atoms with Crippen LogP contribution in [0, 0.1) is 0 Å². The molecule has 3 rings (SSSR count). The minimum atomic E-state index is -0.0791. The molecule has 1 saturated heterocycles. The lowest BCUT2D eigenvalue weighted by atomic mass is 9.90. The zero-order chi connectivity index (χ0) is 18.4. The molecule has 2 aromatic rings. The molecule has 1 aromatic carbocycles. The minimum absolute atomic E-state index is 0.0791. The van der Waals surface area contributed by atoms with E-state index in [4.69, 9.17) is 4.74 Å². The summed E-state index contributed by atoms with van der Waals surface area (Å²) in [6.45, 7) is 7.67. The maximum Gasteiger partial charge on any atom is 0.321 e. The number of nitrogens with zero attached hydrogens (tertiary/aromatic N) is 2. The van der Waals surface area contributed by atoms with Crippen molar-refractivity contribution in [3.05, 3.63) is 66.5 Å². The van der Waals surface area contributed by atoms with Crippen molar-refractivity contribution < 1.29 is 9.53 Å². The van der Waals surface area contributed by atoms with Gasteiger partial charge in [0.2, 0.25) is 0 Å². The van der Waals surface area contributed by atoms with Gasteiger partial charge in [-0.25, -0.2) is 4.79 Å². The van der Waals surface area contributed by atoms with Crippen LogP contribution >= 0.6 is 0 Å². The Hall–Kier alpha value is -2.82. The lowest BCUT2D eigenvalue weighted by molar-refractivity contribution is 0.194. The Balaban J connectivity index is 1.57. The summed E-state index contributed by atoms with van der Waals surface area (Å²) >= 11 is 0. The van der Waals surface area contributed by atoms with E-state index in [-0.39, 0.29) is 6.03 Å². The number of carbonyl (C=O) groups is 1. The number of anilines is 1. The van der Waals surface area contributed by atoms with E-state index >= 15 is 0 Å². The van der Waals surface area contributed by atoms with Gasteiger partial charge in [-0.1, -0.05) is 18.7 Å². The normalized spacial score (nSPS) is 14.7. The summed E-state index contributed by atoms with van der Waals surface area (Å²) in [5, 5.41) is 2.98. The van der Waals surface area contributed by atoms with Crippen LogP contribution in [0.25, 0.3) is 0 Å². The Morgan fingerprint density at radius 3 is 2.62 bits per heavy atom. The molecule has 0 bridgehead atoms. The van der Waals surface area contributed by atoms with Crippen molar-refractivity contribution >= 4 is 11.7 Å². The van der Waals surface area contributed by atoms with Gasteiger partial charge in [-0.2, -0.15) is 0 Å². The summed E-state index contributed by atoms with van der Waals surface area (Å²) < 4.78 is 5.72. The summed E-state index contributed by atoms with van der Waals surface area (Å²) in [6, 6.07) is 11.5. The summed E-state index contributed by atoms with van der Waals surface area (Å²) in [6.07, 6.45) is 5.59. The maximum atomic E-state index is 12.6. The van der Waals surface area contributed by atoms with E-state index < -0.39 is 0 Å². The Morgan fingerprint density at radius 2 is 1.92 bits per heavy atom. The summed E-state index contributed by atoms with van der Waals surface area (Å²) in [7, 11) is 0. The van der Waals surface area contributed by atoms with Gasteiger partial charge in [0.05, 0.1) is 5.69 Å². The third-order valence-corrected chi connectivity index (χ3v) is 4.56.